The molecule has 94 valence electrons. The first kappa shape index (κ1) is 12.9. The van der Waals surface area contributed by atoms with Crippen molar-refractivity contribution in [2.45, 2.75) is 25.0 Å². The van der Waals surface area contributed by atoms with Crippen LogP contribution >= 0.6 is 15.9 Å². The Bertz CT molecular complexity index is 378. The summed E-state index contributed by atoms with van der Waals surface area (Å²) < 4.78 is 12.0. The van der Waals surface area contributed by atoms with Crippen LogP contribution in [-0.2, 0) is 4.74 Å². The van der Waals surface area contributed by atoms with Gasteiger partial charge in [0.2, 0.25) is 0 Å². The van der Waals surface area contributed by atoms with Crippen molar-refractivity contribution >= 4 is 15.9 Å². The number of nitrogens with one attached hydrogen (secondary N) is 1. The molecule has 1 heterocycles. The number of ether oxygens (including phenoxy) is 2. The van der Waals surface area contributed by atoms with Gasteiger partial charge in [-0.15, -0.1) is 0 Å². The highest BCUT2D eigenvalue weighted by molar-refractivity contribution is 9.10. The van der Waals surface area contributed by atoms with Gasteiger partial charge in [-0.3, -0.25) is 0 Å². The van der Waals surface area contributed by atoms with Crippen molar-refractivity contribution in [3.05, 3.63) is 28.2 Å². The fourth-order valence-electron chi connectivity index (χ4n) is 2.29. The fraction of sp³-hybridized carbons (Fsp3) is 0.538. The molecule has 1 fully saturated rings. The molecule has 1 aromatic carbocycles. The van der Waals surface area contributed by atoms with Gasteiger partial charge in [0.15, 0.2) is 0 Å². The number of hydrogen-bond donors (Lipinski definition) is 1. The van der Waals surface area contributed by atoms with Gasteiger partial charge in [0, 0.05) is 11.1 Å². The number of hydrogen-bond acceptors (Lipinski definition) is 3. The van der Waals surface area contributed by atoms with E-state index >= 15 is 0 Å². The monoisotopic (exact) mass is 299 g/mol. The largest absolute Gasteiger partial charge is 0.497 e. The van der Waals surface area contributed by atoms with E-state index in [1.54, 1.807) is 7.11 Å². The van der Waals surface area contributed by atoms with Crippen LogP contribution in [0.5, 0.6) is 5.75 Å². The summed E-state index contributed by atoms with van der Waals surface area (Å²) >= 11 is 3.60. The molecular formula is C13H18BrNO2. The quantitative estimate of drug-likeness (QED) is 0.927. The Balaban J connectivity index is 2.23. The van der Waals surface area contributed by atoms with Crippen LogP contribution in [0.25, 0.3) is 0 Å². The SMILES string of the molecule is CNC(c1ccc(OC)cc1Br)C1CCCO1. The van der Waals surface area contributed by atoms with E-state index in [-0.39, 0.29) is 12.1 Å². The van der Waals surface area contributed by atoms with Crippen LogP contribution in [0.3, 0.4) is 0 Å². The number of rotatable bonds is 4. The third kappa shape index (κ3) is 2.81. The first-order valence-electron chi connectivity index (χ1n) is 5.88. The molecule has 0 amide bonds. The third-order valence-electron chi connectivity index (χ3n) is 3.19. The Hall–Kier alpha value is -0.580. The minimum absolute atomic E-state index is 0.234. The summed E-state index contributed by atoms with van der Waals surface area (Å²) in [7, 11) is 3.65. The molecule has 1 aliphatic rings. The number of methoxy groups -OCH3 is 1. The first-order chi connectivity index (χ1) is 8.26. The Labute approximate surface area is 111 Å². The minimum atomic E-state index is 0.234. The lowest BCUT2D eigenvalue weighted by Gasteiger charge is -2.24. The molecule has 0 aliphatic carbocycles. The van der Waals surface area contributed by atoms with Gasteiger partial charge in [-0.2, -0.15) is 0 Å². The Morgan fingerprint density at radius 1 is 1.53 bits per heavy atom. The molecule has 0 spiro atoms. The zero-order chi connectivity index (χ0) is 12.3. The zero-order valence-electron chi connectivity index (χ0n) is 10.2. The van der Waals surface area contributed by atoms with Crippen LogP contribution in [0.4, 0.5) is 0 Å². The first-order valence-corrected chi connectivity index (χ1v) is 6.68. The molecule has 1 aromatic rings. The highest BCUT2D eigenvalue weighted by Crippen LogP contribution is 2.33. The van der Waals surface area contributed by atoms with Gasteiger partial charge in [-0.05, 0) is 37.6 Å². The summed E-state index contributed by atoms with van der Waals surface area (Å²) in [5.41, 5.74) is 1.22. The normalized spacial score (nSPS) is 21.5. The van der Waals surface area contributed by atoms with Crippen molar-refractivity contribution in [1.82, 2.24) is 5.32 Å². The molecule has 2 atom stereocenters. The van der Waals surface area contributed by atoms with E-state index in [2.05, 4.69) is 27.3 Å². The molecule has 1 saturated heterocycles. The fourth-order valence-corrected chi connectivity index (χ4v) is 2.90. The summed E-state index contributed by atoms with van der Waals surface area (Å²) in [6.07, 6.45) is 2.53. The molecule has 2 unspecified atom stereocenters. The van der Waals surface area contributed by atoms with Crippen molar-refractivity contribution in [2.24, 2.45) is 0 Å². The van der Waals surface area contributed by atoms with Crippen molar-refractivity contribution in [1.29, 1.82) is 0 Å². The number of likely N-dealkylation sites (N-methyl/N-ethyl adjacent to an activating group) is 1. The lowest BCUT2D eigenvalue weighted by atomic mass is 9.99. The van der Waals surface area contributed by atoms with E-state index in [4.69, 9.17) is 9.47 Å². The average Bonchev–Trinajstić information content (AvgIpc) is 2.85. The van der Waals surface area contributed by atoms with Gasteiger partial charge < -0.3 is 14.8 Å². The topological polar surface area (TPSA) is 30.5 Å². The van der Waals surface area contributed by atoms with Crippen molar-refractivity contribution < 1.29 is 9.47 Å². The van der Waals surface area contributed by atoms with E-state index in [1.165, 1.54) is 5.56 Å². The van der Waals surface area contributed by atoms with Crippen molar-refractivity contribution in [2.75, 3.05) is 20.8 Å². The van der Waals surface area contributed by atoms with Gasteiger partial charge in [-0.25, -0.2) is 0 Å². The van der Waals surface area contributed by atoms with Crippen molar-refractivity contribution in [3.63, 3.8) is 0 Å². The van der Waals surface area contributed by atoms with Crippen LogP contribution in [0.2, 0.25) is 0 Å². The lowest BCUT2D eigenvalue weighted by Crippen LogP contribution is -2.29. The second-order valence-corrected chi connectivity index (χ2v) is 5.06. The second-order valence-electron chi connectivity index (χ2n) is 4.21. The summed E-state index contributed by atoms with van der Waals surface area (Å²) in [6.45, 7) is 0.872. The van der Waals surface area contributed by atoms with Gasteiger partial charge in [0.1, 0.15) is 5.75 Å². The third-order valence-corrected chi connectivity index (χ3v) is 3.88. The smallest absolute Gasteiger partial charge is 0.120 e. The molecule has 17 heavy (non-hydrogen) atoms. The Kier molecular flexibility index (Phi) is 4.42. The minimum Gasteiger partial charge on any atom is -0.497 e. The molecule has 3 nitrogen and oxygen atoms in total. The van der Waals surface area contributed by atoms with Crippen LogP contribution in [0.1, 0.15) is 24.4 Å². The molecule has 1 aliphatic heterocycles. The summed E-state index contributed by atoms with van der Waals surface area (Å²) in [5, 5.41) is 3.34. The summed E-state index contributed by atoms with van der Waals surface area (Å²) in [5.74, 6) is 0.864. The predicted molar refractivity (Wildman–Crippen MR) is 71.5 cm³/mol. The van der Waals surface area contributed by atoms with Crippen LogP contribution in [-0.4, -0.2) is 26.9 Å². The maximum Gasteiger partial charge on any atom is 0.120 e. The van der Waals surface area contributed by atoms with Gasteiger partial charge >= 0.3 is 0 Å². The highest BCUT2D eigenvalue weighted by Gasteiger charge is 2.27. The van der Waals surface area contributed by atoms with E-state index < -0.39 is 0 Å². The lowest BCUT2D eigenvalue weighted by molar-refractivity contribution is 0.0805. The molecule has 0 aromatic heterocycles. The zero-order valence-corrected chi connectivity index (χ0v) is 11.8. The molecule has 2 rings (SSSR count). The van der Waals surface area contributed by atoms with E-state index in [0.717, 1.165) is 29.7 Å². The van der Waals surface area contributed by atoms with Crippen LogP contribution in [0.15, 0.2) is 22.7 Å². The van der Waals surface area contributed by atoms with Gasteiger partial charge in [0.25, 0.3) is 0 Å². The average molecular weight is 300 g/mol. The van der Waals surface area contributed by atoms with Gasteiger partial charge in [-0.1, -0.05) is 22.0 Å². The molecule has 0 radical (unpaired) electrons. The van der Waals surface area contributed by atoms with Crippen LogP contribution in [0, 0.1) is 0 Å². The van der Waals surface area contributed by atoms with Crippen LogP contribution < -0.4 is 10.1 Å². The highest BCUT2D eigenvalue weighted by atomic mass is 79.9. The van der Waals surface area contributed by atoms with Crippen molar-refractivity contribution in [3.8, 4) is 5.75 Å². The van der Waals surface area contributed by atoms with E-state index in [0.29, 0.717) is 0 Å². The molecular weight excluding hydrogens is 282 g/mol. The maximum absolute atomic E-state index is 5.76. The molecule has 0 bridgehead atoms. The second kappa shape index (κ2) is 5.85. The molecule has 4 heteroatoms. The number of halogens is 1. The maximum atomic E-state index is 5.76. The molecule has 1 N–H and O–H groups in total. The Morgan fingerprint density at radius 2 is 2.35 bits per heavy atom. The summed E-state index contributed by atoms with van der Waals surface area (Å²) in [4.78, 5) is 0. The van der Waals surface area contributed by atoms with E-state index in [1.807, 2.05) is 19.2 Å². The van der Waals surface area contributed by atoms with E-state index in [9.17, 15) is 0 Å². The predicted octanol–water partition coefficient (Wildman–Crippen LogP) is 2.90. The summed E-state index contributed by atoms with van der Waals surface area (Å²) in [6, 6.07) is 6.30. The number of benzene rings is 1. The Morgan fingerprint density at radius 3 is 2.88 bits per heavy atom. The molecule has 0 saturated carbocycles. The standard InChI is InChI=1S/C13H18BrNO2/c1-15-13(12-4-3-7-17-12)10-6-5-9(16-2)8-11(10)14/h5-6,8,12-13,15H,3-4,7H2,1-2H3. The van der Waals surface area contributed by atoms with Gasteiger partial charge in [0.05, 0.1) is 19.3 Å².